The van der Waals surface area contributed by atoms with Crippen LogP contribution in [-0.4, -0.2) is 38.3 Å². The van der Waals surface area contributed by atoms with Crippen molar-refractivity contribution in [2.24, 2.45) is 0 Å². The zero-order chi connectivity index (χ0) is 20.9. The molecule has 0 radical (unpaired) electrons. The van der Waals surface area contributed by atoms with Crippen molar-refractivity contribution in [3.05, 3.63) is 64.2 Å². The predicted octanol–water partition coefficient (Wildman–Crippen LogP) is 3.13. The van der Waals surface area contributed by atoms with Crippen molar-refractivity contribution in [3.8, 4) is 0 Å². The van der Waals surface area contributed by atoms with Gasteiger partial charge in [-0.25, -0.2) is 8.42 Å². The van der Waals surface area contributed by atoms with E-state index < -0.39 is 27.7 Å². The number of sulfone groups is 1. The normalized spacial score (nSPS) is 12.3. The van der Waals surface area contributed by atoms with Crippen molar-refractivity contribution in [3.63, 3.8) is 0 Å². The second-order valence-corrected chi connectivity index (χ2v) is 9.40. The first-order valence-corrected chi connectivity index (χ1v) is 11.1. The number of hydrogen-bond donors (Lipinski definition) is 2. The number of anilines is 1. The number of carbonyl (C=O) groups is 2. The number of nitrogens with one attached hydrogen (secondary N) is 2. The number of hydrogen-bond acceptors (Lipinski definition) is 4. The Balaban J connectivity index is 2.22. The molecule has 0 saturated carbocycles. The lowest BCUT2D eigenvalue weighted by Gasteiger charge is -2.19. The van der Waals surface area contributed by atoms with Crippen LogP contribution in [0.15, 0.2) is 42.5 Å². The second-order valence-electron chi connectivity index (χ2n) is 6.73. The first-order chi connectivity index (χ1) is 13.1. The van der Waals surface area contributed by atoms with E-state index in [0.29, 0.717) is 5.69 Å². The van der Waals surface area contributed by atoms with Crippen molar-refractivity contribution >= 4 is 38.9 Å². The average Bonchev–Trinajstić information content (AvgIpc) is 2.61. The van der Waals surface area contributed by atoms with E-state index in [2.05, 4.69) is 10.6 Å². The molecule has 2 aromatic rings. The largest absolute Gasteiger partial charge is 0.340 e. The third-order valence-electron chi connectivity index (χ3n) is 4.17. The van der Waals surface area contributed by atoms with Crippen molar-refractivity contribution < 1.29 is 18.0 Å². The van der Waals surface area contributed by atoms with Gasteiger partial charge in [-0.15, -0.1) is 0 Å². The molecule has 2 N–H and O–H groups in total. The fourth-order valence-electron chi connectivity index (χ4n) is 2.57. The zero-order valence-electron chi connectivity index (χ0n) is 16.0. The van der Waals surface area contributed by atoms with Gasteiger partial charge in [-0.05, 0) is 49.6 Å². The van der Waals surface area contributed by atoms with Crippen LogP contribution in [0.2, 0.25) is 5.02 Å². The van der Waals surface area contributed by atoms with Gasteiger partial charge in [-0.1, -0.05) is 35.9 Å². The molecule has 2 aromatic carbocycles. The Morgan fingerprint density at radius 1 is 1.11 bits per heavy atom. The van der Waals surface area contributed by atoms with Gasteiger partial charge in [0.2, 0.25) is 5.91 Å². The molecule has 2 rings (SSSR count). The molecule has 0 saturated heterocycles. The van der Waals surface area contributed by atoms with E-state index in [-0.39, 0.29) is 22.8 Å². The van der Waals surface area contributed by atoms with E-state index in [4.69, 9.17) is 11.6 Å². The summed E-state index contributed by atoms with van der Waals surface area (Å²) >= 11 is 6.04. The van der Waals surface area contributed by atoms with Crippen LogP contribution in [0.3, 0.4) is 0 Å². The first kappa shape index (κ1) is 21.9. The smallest absolute Gasteiger partial charge is 0.253 e. The molecular weight excluding hydrogens is 400 g/mol. The monoisotopic (exact) mass is 422 g/mol. The quantitative estimate of drug-likeness (QED) is 0.716. The van der Waals surface area contributed by atoms with E-state index in [1.165, 1.54) is 6.07 Å². The third kappa shape index (κ3) is 6.35. The minimum Gasteiger partial charge on any atom is -0.340 e. The summed E-state index contributed by atoms with van der Waals surface area (Å²) in [5, 5.41) is 5.63. The number of carbonyl (C=O) groups excluding carboxylic acids is 2. The Bertz CT molecular complexity index is 989. The molecule has 0 aromatic heterocycles. The fraction of sp³-hybridized carbons (Fsp3) is 0.300. The second kappa shape index (κ2) is 9.21. The molecular formula is C20H23ClN2O4S. The van der Waals surface area contributed by atoms with Crippen molar-refractivity contribution in [1.82, 2.24) is 5.32 Å². The molecule has 0 aliphatic rings. The summed E-state index contributed by atoms with van der Waals surface area (Å²) < 4.78 is 23.1. The Morgan fingerprint density at radius 2 is 1.79 bits per heavy atom. The summed E-state index contributed by atoms with van der Waals surface area (Å²) in [4.78, 5) is 25.3. The van der Waals surface area contributed by atoms with Crippen LogP contribution in [0, 0.1) is 13.8 Å². The first-order valence-electron chi connectivity index (χ1n) is 8.68. The third-order valence-corrected chi connectivity index (χ3v) is 5.48. The van der Waals surface area contributed by atoms with Gasteiger partial charge in [-0.3, -0.25) is 9.59 Å². The van der Waals surface area contributed by atoms with Gasteiger partial charge in [0.1, 0.15) is 15.9 Å². The lowest BCUT2D eigenvalue weighted by molar-refractivity contribution is -0.118. The van der Waals surface area contributed by atoms with Crippen LogP contribution in [0.5, 0.6) is 0 Å². The predicted molar refractivity (Wildman–Crippen MR) is 112 cm³/mol. The summed E-state index contributed by atoms with van der Waals surface area (Å²) in [6.45, 7) is 3.75. The maximum Gasteiger partial charge on any atom is 0.253 e. The molecule has 2 amide bonds. The molecule has 6 nitrogen and oxygen atoms in total. The molecule has 0 heterocycles. The van der Waals surface area contributed by atoms with Gasteiger partial charge in [0.05, 0.1) is 16.3 Å². The maximum atomic E-state index is 12.8. The summed E-state index contributed by atoms with van der Waals surface area (Å²) in [5.74, 6) is -1.27. The van der Waals surface area contributed by atoms with Gasteiger partial charge >= 0.3 is 0 Å². The average molecular weight is 423 g/mol. The summed E-state index contributed by atoms with van der Waals surface area (Å²) in [7, 11) is -3.31. The Hall–Kier alpha value is -2.38. The summed E-state index contributed by atoms with van der Waals surface area (Å²) in [6, 6.07) is 11.0. The van der Waals surface area contributed by atoms with E-state index in [1.807, 2.05) is 32.0 Å². The van der Waals surface area contributed by atoms with Crippen LogP contribution >= 0.6 is 11.6 Å². The number of amides is 2. The SMILES string of the molecule is Cc1ccc(C)c(NC(=O)[C@H](CCS(C)(=O)=O)NC(=O)c2ccccc2Cl)c1. The number of aryl methyl sites for hydroxylation is 2. The van der Waals surface area contributed by atoms with Crippen molar-refractivity contribution in [2.45, 2.75) is 26.3 Å². The molecule has 0 aliphatic carbocycles. The molecule has 1 atom stereocenters. The molecule has 28 heavy (non-hydrogen) atoms. The highest BCUT2D eigenvalue weighted by atomic mass is 35.5. The maximum absolute atomic E-state index is 12.8. The molecule has 8 heteroatoms. The van der Waals surface area contributed by atoms with E-state index in [9.17, 15) is 18.0 Å². The lowest BCUT2D eigenvalue weighted by Crippen LogP contribution is -2.45. The molecule has 150 valence electrons. The van der Waals surface area contributed by atoms with Gasteiger partial charge in [0, 0.05) is 11.9 Å². The highest BCUT2D eigenvalue weighted by molar-refractivity contribution is 7.90. The van der Waals surface area contributed by atoms with Crippen LogP contribution in [0.25, 0.3) is 0 Å². The van der Waals surface area contributed by atoms with E-state index in [0.717, 1.165) is 17.4 Å². The lowest BCUT2D eigenvalue weighted by atomic mass is 10.1. The van der Waals surface area contributed by atoms with Crippen LogP contribution < -0.4 is 10.6 Å². The number of rotatable bonds is 7. The summed E-state index contributed by atoms with van der Waals surface area (Å²) in [5.41, 5.74) is 2.65. The molecule has 0 unspecified atom stereocenters. The van der Waals surface area contributed by atoms with Crippen molar-refractivity contribution in [1.29, 1.82) is 0 Å². The van der Waals surface area contributed by atoms with Gasteiger partial charge in [0.25, 0.3) is 5.91 Å². The molecule has 0 aliphatic heterocycles. The highest BCUT2D eigenvalue weighted by Gasteiger charge is 2.24. The Kier molecular flexibility index (Phi) is 7.21. The van der Waals surface area contributed by atoms with E-state index >= 15 is 0 Å². The molecule has 0 fully saturated rings. The Labute approximate surface area is 170 Å². The van der Waals surface area contributed by atoms with Gasteiger partial charge in [0.15, 0.2) is 0 Å². The van der Waals surface area contributed by atoms with Crippen LogP contribution in [0.1, 0.15) is 27.9 Å². The standard InChI is InChI=1S/C20H23ClN2O4S/c1-13-8-9-14(2)18(12-13)23-20(25)17(10-11-28(3,26)27)22-19(24)15-6-4-5-7-16(15)21/h4-9,12,17H,10-11H2,1-3H3,(H,22,24)(H,23,25)/t17-/m0/s1. The zero-order valence-corrected chi connectivity index (χ0v) is 17.5. The fourth-order valence-corrected chi connectivity index (χ4v) is 3.46. The minimum atomic E-state index is -3.31. The highest BCUT2D eigenvalue weighted by Crippen LogP contribution is 2.18. The van der Waals surface area contributed by atoms with Gasteiger partial charge in [-0.2, -0.15) is 0 Å². The van der Waals surface area contributed by atoms with Crippen molar-refractivity contribution in [2.75, 3.05) is 17.3 Å². The number of benzene rings is 2. The van der Waals surface area contributed by atoms with Crippen LogP contribution in [0.4, 0.5) is 5.69 Å². The molecule has 0 spiro atoms. The number of halogens is 1. The van der Waals surface area contributed by atoms with Crippen LogP contribution in [-0.2, 0) is 14.6 Å². The summed E-state index contributed by atoms with van der Waals surface area (Å²) in [6.07, 6.45) is 1.04. The molecule has 0 bridgehead atoms. The minimum absolute atomic E-state index is 0.0499. The van der Waals surface area contributed by atoms with E-state index in [1.54, 1.807) is 18.2 Å². The Morgan fingerprint density at radius 3 is 2.43 bits per heavy atom. The van der Waals surface area contributed by atoms with Gasteiger partial charge < -0.3 is 10.6 Å². The topological polar surface area (TPSA) is 92.3 Å².